The topological polar surface area (TPSA) is 30.5 Å². The molecule has 1 atom stereocenters. The SMILES string of the molecule is CC(C)NCc1cccc(F)c1OCCCC1CCCO1. The predicted octanol–water partition coefficient (Wildman–Crippen LogP) is 3.66. The second-order valence-electron chi connectivity index (χ2n) is 5.89. The number of para-hydroxylation sites is 1. The zero-order valence-electron chi connectivity index (χ0n) is 13.0. The highest BCUT2D eigenvalue weighted by atomic mass is 19.1. The first-order valence-electron chi connectivity index (χ1n) is 7.92. The summed E-state index contributed by atoms with van der Waals surface area (Å²) in [7, 11) is 0. The van der Waals surface area contributed by atoms with Crippen molar-refractivity contribution in [3.63, 3.8) is 0 Å². The fraction of sp³-hybridized carbons (Fsp3) is 0.647. The summed E-state index contributed by atoms with van der Waals surface area (Å²) in [5.74, 6) is 0.105. The van der Waals surface area contributed by atoms with Crippen LogP contribution in [0, 0.1) is 5.82 Å². The van der Waals surface area contributed by atoms with E-state index in [9.17, 15) is 4.39 Å². The summed E-state index contributed by atoms with van der Waals surface area (Å²) in [6, 6.07) is 5.45. The molecule has 3 nitrogen and oxygen atoms in total. The minimum absolute atomic E-state index is 0.282. The van der Waals surface area contributed by atoms with Crippen LogP contribution in [0.2, 0.25) is 0 Å². The minimum Gasteiger partial charge on any atom is -0.490 e. The van der Waals surface area contributed by atoms with Gasteiger partial charge in [-0.3, -0.25) is 0 Å². The standard InChI is InChI=1S/C17H26FNO2/c1-13(2)19-12-14-6-3-9-16(18)17(14)21-11-5-8-15-7-4-10-20-15/h3,6,9,13,15,19H,4-5,7-8,10-12H2,1-2H3. The van der Waals surface area contributed by atoms with E-state index in [1.165, 1.54) is 6.07 Å². The fourth-order valence-electron chi connectivity index (χ4n) is 2.53. The Kier molecular flexibility index (Phi) is 6.46. The zero-order valence-corrected chi connectivity index (χ0v) is 13.0. The van der Waals surface area contributed by atoms with Crippen LogP contribution in [0.5, 0.6) is 5.75 Å². The molecule has 0 bridgehead atoms. The Morgan fingerprint density at radius 1 is 1.43 bits per heavy atom. The third kappa shape index (κ3) is 5.29. The number of hydrogen-bond donors (Lipinski definition) is 1. The molecule has 1 saturated heterocycles. The van der Waals surface area contributed by atoms with Gasteiger partial charge >= 0.3 is 0 Å². The van der Waals surface area contributed by atoms with Crippen molar-refractivity contribution in [2.75, 3.05) is 13.2 Å². The van der Waals surface area contributed by atoms with Crippen molar-refractivity contribution in [1.29, 1.82) is 0 Å². The Morgan fingerprint density at radius 2 is 2.29 bits per heavy atom. The van der Waals surface area contributed by atoms with Crippen LogP contribution in [0.4, 0.5) is 4.39 Å². The van der Waals surface area contributed by atoms with E-state index in [4.69, 9.17) is 9.47 Å². The van der Waals surface area contributed by atoms with E-state index in [1.807, 2.05) is 6.07 Å². The molecule has 0 aliphatic carbocycles. The van der Waals surface area contributed by atoms with Crippen molar-refractivity contribution in [3.05, 3.63) is 29.6 Å². The van der Waals surface area contributed by atoms with Crippen LogP contribution in [-0.4, -0.2) is 25.4 Å². The maximum Gasteiger partial charge on any atom is 0.165 e. The van der Waals surface area contributed by atoms with Crippen molar-refractivity contribution >= 4 is 0 Å². The predicted molar refractivity (Wildman–Crippen MR) is 82.1 cm³/mol. The Bertz CT molecular complexity index is 431. The molecule has 0 saturated carbocycles. The molecular weight excluding hydrogens is 269 g/mol. The van der Waals surface area contributed by atoms with E-state index in [2.05, 4.69) is 19.2 Å². The summed E-state index contributed by atoms with van der Waals surface area (Å²) >= 11 is 0. The van der Waals surface area contributed by atoms with E-state index in [0.717, 1.165) is 37.9 Å². The summed E-state index contributed by atoms with van der Waals surface area (Å²) in [5.41, 5.74) is 0.876. The lowest BCUT2D eigenvalue weighted by molar-refractivity contribution is 0.0978. The highest BCUT2D eigenvalue weighted by Gasteiger charge is 2.15. The van der Waals surface area contributed by atoms with Crippen LogP contribution in [0.3, 0.4) is 0 Å². The van der Waals surface area contributed by atoms with Gasteiger partial charge in [-0.25, -0.2) is 4.39 Å². The monoisotopic (exact) mass is 295 g/mol. The quantitative estimate of drug-likeness (QED) is 0.742. The van der Waals surface area contributed by atoms with E-state index in [1.54, 1.807) is 6.07 Å². The number of hydrogen-bond acceptors (Lipinski definition) is 3. The Hall–Kier alpha value is -1.13. The molecule has 1 unspecified atom stereocenters. The van der Waals surface area contributed by atoms with Gasteiger partial charge in [-0.15, -0.1) is 0 Å². The highest BCUT2D eigenvalue weighted by molar-refractivity contribution is 5.34. The lowest BCUT2D eigenvalue weighted by Crippen LogP contribution is -2.22. The van der Waals surface area contributed by atoms with Gasteiger partial charge in [0.15, 0.2) is 11.6 Å². The lowest BCUT2D eigenvalue weighted by Gasteiger charge is -2.15. The first-order valence-corrected chi connectivity index (χ1v) is 7.92. The Balaban J connectivity index is 1.82. The van der Waals surface area contributed by atoms with Crippen LogP contribution in [0.1, 0.15) is 45.1 Å². The van der Waals surface area contributed by atoms with Crippen LogP contribution in [0.25, 0.3) is 0 Å². The average Bonchev–Trinajstić information content (AvgIpc) is 2.96. The Labute approximate surface area is 126 Å². The smallest absolute Gasteiger partial charge is 0.165 e. The van der Waals surface area contributed by atoms with Crippen LogP contribution >= 0.6 is 0 Å². The molecular formula is C17H26FNO2. The Morgan fingerprint density at radius 3 is 3.00 bits per heavy atom. The molecule has 1 aliphatic heterocycles. The summed E-state index contributed by atoms with van der Waals surface area (Å²) < 4.78 is 25.2. The summed E-state index contributed by atoms with van der Waals surface area (Å²) in [6.07, 6.45) is 4.56. The molecule has 1 heterocycles. The summed E-state index contributed by atoms with van der Waals surface area (Å²) in [4.78, 5) is 0. The molecule has 118 valence electrons. The molecule has 1 aromatic rings. The molecule has 0 spiro atoms. The maximum absolute atomic E-state index is 13.9. The number of nitrogens with one attached hydrogen (secondary N) is 1. The second-order valence-corrected chi connectivity index (χ2v) is 5.89. The molecule has 0 radical (unpaired) electrons. The van der Waals surface area contributed by atoms with E-state index in [-0.39, 0.29) is 5.82 Å². The zero-order chi connectivity index (χ0) is 15.1. The second kappa shape index (κ2) is 8.35. The first-order chi connectivity index (χ1) is 10.2. The molecule has 21 heavy (non-hydrogen) atoms. The normalized spacial score (nSPS) is 18.4. The largest absolute Gasteiger partial charge is 0.490 e. The van der Waals surface area contributed by atoms with Crippen LogP contribution in [-0.2, 0) is 11.3 Å². The molecule has 0 amide bonds. The third-order valence-electron chi connectivity index (χ3n) is 3.69. The fourth-order valence-corrected chi connectivity index (χ4v) is 2.53. The number of ether oxygens (including phenoxy) is 2. The molecule has 2 rings (SSSR count). The van der Waals surface area contributed by atoms with Gasteiger partial charge in [-0.1, -0.05) is 26.0 Å². The molecule has 4 heteroatoms. The van der Waals surface area contributed by atoms with Crippen molar-refractivity contribution in [2.45, 2.75) is 58.2 Å². The average molecular weight is 295 g/mol. The molecule has 0 aromatic heterocycles. The molecule has 1 N–H and O–H groups in total. The van der Waals surface area contributed by atoms with E-state index >= 15 is 0 Å². The van der Waals surface area contributed by atoms with Gasteiger partial charge in [-0.2, -0.15) is 0 Å². The minimum atomic E-state index is -0.282. The number of halogens is 1. The third-order valence-corrected chi connectivity index (χ3v) is 3.69. The van der Waals surface area contributed by atoms with Gasteiger partial charge in [0.2, 0.25) is 0 Å². The van der Waals surface area contributed by atoms with Gasteiger partial charge in [0, 0.05) is 24.8 Å². The van der Waals surface area contributed by atoms with Gasteiger partial charge < -0.3 is 14.8 Å². The van der Waals surface area contributed by atoms with Crippen molar-refractivity contribution in [3.8, 4) is 5.75 Å². The van der Waals surface area contributed by atoms with Gasteiger partial charge in [0.05, 0.1) is 12.7 Å². The van der Waals surface area contributed by atoms with Gasteiger partial charge in [-0.05, 0) is 31.7 Å². The maximum atomic E-state index is 13.9. The molecule has 1 fully saturated rings. The first kappa shape index (κ1) is 16.2. The van der Waals surface area contributed by atoms with Gasteiger partial charge in [0.25, 0.3) is 0 Å². The molecule has 1 aromatic carbocycles. The lowest BCUT2D eigenvalue weighted by atomic mass is 10.1. The van der Waals surface area contributed by atoms with E-state index < -0.39 is 0 Å². The van der Waals surface area contributed by atoms with Crippen LogP contribution in [0.15, 0.2) is 18.2 Å². The van der Waals surface area contributed by atoms with Crippen molar-refractivity contribution < 1.29 is 13.9 Å². The van der Waals surface area contributed by atoms with E-state index in [0.29, 0.717) is 31.0 Å². The number of benzene rings is 1. The summed E-state index contributed by atoms with van der Waals surface area (Å²) in [5, 5.41) is 3.30. The van der Waals surface area contributed by atoms with Crippen molar-refractivity contribution in [1.82, 2.24) is 5.32 Å². The summed E-state index contributed by atoms with van der Waals surface area (Å²) in [6.45, 7) is 6.18. The van der Waals surface area contributed by atoms with Gasteiger partial charge in [0.1, 0.15) is 0 Å². The number of rotatable bonds is 8. The molecule has 1 aliphatic rings. The highest BCUT2D eigenvalue weighted by Crippen LogP contribution is 2.24. The van der Waals surface area contributed by atoms with Crippen LogP contribution < -0.4 is 10.1 Å². The van der Waals surface area contributed by atoms with Crippen molar-refractivity contribution in [2.24, 2.45) is 0 Å².